The van der Waals surface area contributed by atoms with E-state index < -0.39 is 41.2 Å². The van der Waals surface area contributed by atoms with E-state index in [0.717, 1.165) is 41.8 Å². The van der Waals surface area contributed by atoms with Crippen molar-refractivity contribution in [1.29, 1.82) is 0 Å². The van der Waals surface area contributed by atoms with E-state index in [1.54, 1.807) is 18.9 Å². The predicted molar refractivity (Wildman–Crippen MR) is 264 cm³/mol. The number of unbranched alkanes of at least 4 members (excludes halogenated alkanes) is 2. The Morgan fingerprint density at radius 2 is 1.34 bits per heavy atom. The molecule has 0 unspecified atom stereocenters. The van der Waals surface area contributed by atoms with Gasteiger partial charge in [0.15, 0.2) is 5.71 Å². The maximum Gasteiger partial charge on any atom is 0.294 e. The van der Waals surface area contributed by atoms with Gasteiger partial charge in [0.05, 0.1) is 71.1 Å². The van der Waals surface area contributed by atoms with E-state index >= 15 is 0 Å². The number of terminal acetylenes is 1. The number of aryl methyl sites for hydroxylation is 2. The molecular weight excluding hydrogens is 961 g/mol. The van der Waals surface area contributed by atoms with Gasteiger partial charge in [-0.15, -0.1) is 12.3 Å². The summed E-state index contributed by atoms with van der Waals surface area (Å²) < 4.78 is 130. The molecule has 0 bridgehead atoms. The Labute approximate surface area is 412 Å². The molecule has 0 atom stereocenters. The van der Waals surface area contributed by atoms with Gasteiger partial charge in [0, 0.05) is 35.6 Å². The largest absolute Gasteiger partial charge is 0.744 e. The van der Waals surface area contributed by atoms with Gasteiger partial charge >= 0.3 is 0 Å². The average Bonchev–Trinajstić information content (AvgIpc) is 3.61. The van der Waals surface area contributed by atoms with E-state index in [2.05, 4.69) is 5.92 Å². The van der Waals surface area contributed by atoms with Gasteiger partial charge in [0.2, 0.25) is 5.69 Å². The third-order valence-electron chi connectivity index (χ3n) is 12.6. The highest BCUT2D eigenvalue weighted by molar-refractivity contribution is 7.86. The number of hydroxylamine groups is 1. The average molecular weight is 1020 g/mol. The Kier molecular flexibility index (Phi) is 17.2. The highest BCUT2D eigenvalue weighted by atomic mass is 32.2. The Balaban J connectivity index is 1.33. The van der Waals surface area contributed by atoms with Crippen LogP contribution in [0.2, 0.25) is 0 Å². The summed E-state index contributed by atoms with van der Waals surface area (Å²) >= 11 is 0. The van der Waals surface area contributed by atoms with Crippen LogP contribution in [0.4, 0.5) is 11.4 Å². The highest BCUT2D eigenvalue weighted by Crippen LogP contribution is 2.51. The van der Waals surface area contributed by atoms with Crippen molar-refractivity contribution in [2.75, 3.05) is 58.4 Å². The molecule has 2 aliphatic heterocycles. The molecule has 0 aromatic heterocycles. The van der Waals surface area contributed by atoms with E-state index in [1.807, 2.05) is 63.6 Å². The van der Waals surface area contributed by atoms with Crippen molar-refractivity contribution in [3.8, 4) is 18.1 Å². The van der Waals surface area contributed by atoms with Gasteiger partial charge in [-0.05, 0) is 143 Å². The number of nitrogens with zero attached hydrogens (tertiary/aromatic N) is 2. The molecule has 2 N–H and O–H groups in total. The van der Waals surface area contributed by atoms with E-state index in [-0.39, 0.29) is 27.9 Å². The van der Waals surface area contributed by atoms with Crippen LogP contribution in [0.15, 0.2) is 110 Å². The zero-order valence-corrected chi connectivity index (χ0v) is 43.1. The molecule has 0 amide bonds. The molecule has 0 saturated carbocycles. The molecule has 3 aromatic carbocycles. The molecule has 70 heavy (non-hydrogen) atoms. The molecule has 0 saturated heterocycles. The summed E-state index contributed by atoms with van der Waals surface area (Å²) in [5, 5.41) is 1.66. The quantitative estimate of drug-likeness (QED) is 0.0420. The fourth-order valence-electron chi connectivity index (χ4n) is 9.04. The first-order valence-corrected chi connectivity index (χ1v) is 27.2. The standard InChI is InChI=1S/C51H62N2O14S3/c1-9-10-11-12-24-63-25-26-64-27-28-65-29-30-66-53-46(51(6,7)44-34-42(70(60,61)62)32-36(3)48(44)53)23-17-38-15-13-14-37(49(38)67-39-18-20-40(21-19-39)68(54,55)56)16-22-45-50(4,5)43-33-41(69(57,58)59)31-35(2)47(43)52(45)8/h1,16-23,31-34H,10-15,24-30H2,2-8H3,(H2-,54,55,56,57,58,59,60,61,62). The first-order valence-electron chi connectivity index (χ1n) is 22.9. The maximum absolute atomic E-state index is 12.5. The molecule has 0 radical (unpaired) electrons. The first-order chi connectivity index (χ1) is 32.9. The third-order valence-corrected chi connectivity index (χ3v) is 15.1. The molecule has 16 nitrogen and oxygen atoms in total. The maximum atomic E-state index is 12.5. The monoisotopic (exact) mass is 1020 g/mol. The van der Waals surface area contributed by atoms with Crippen LogP contribution in [-0.4, -0.2) is 102 Å². The van der Waals surface area contributed by atoms with E-state index in [0.29, 0.717) is 97.4 Å². The van der Waals surface area contributed by atoms with Gasteiger partial charge in [-0.3, -0.25) is 13.9 Å². The fraction of sp³-hybridized carbons (Fsp3) is 0.431. The number of hydrogen-bond donors (Lipinski definition) is 2. The Hall–Kier alpha value is -4.98. The predicted octanol–water partition coefficient (Wildman–Crippen LogP) is 8.17. The number of hydrogen-bond acceptors (Lipinski definition) is 13. The second kappa shape index (κ2) is 22.2. The summed E-state index contributed by atoms with van der Waals surface area (Å²) in [5.41, 5.74) is 5.34. The van der Waals surface area contributed by atoms with Gasteiger partial charge in [0.1, 0.15) is 28.7 Å². The molecule has 0 fully saturated rings. The minimum Gasteiger partial charge on any atom is -0.744 e. The molecule has 3 aliphatic rings. The van der Waals surface area contributed by atoms with Gasteiger partial charge < -0.3 is 23.5 Å². The molecule has 6 rings (SSSR count). The number of rotatable bonds is 22. The molecular formula is C51H62N2O14S3. The van der Waals surface area contributed by atoms with Gasteiger partial charge in [-0.1, -0.05) is 19.9 Å². The van der Waals surface area contributed by atoms with Crippen molar-refractivity contribution < 1.29 is 67.3 Å². The zero-order chi connectivity index (χ0) is 51.2. The SMILES string of the molecule is C#CCCCCOCCOCCOCCON1/C(=C/C=C2\CCCC(/C=C/C3=[N+](C)c4c(C)cc(S(=O)(=O)[O-])cc4C3(C)C)=C2Oc2ccc(S(=O)(=O)O)cc2)C(C)(C)c2cc(S(=O)(=O)O)cc(C)c21. The number of ether oxygens (including phenoxy) is 4. The lowest BCUT2D eigenvalue weighted by Crippen LogP contribution is -2.28. The van der Waals surface area contributed by atoms with E-state index in [4.69, 9.17) is 30.2 Å². The summed E-state index contributed by atoms with van der Waals surface area (Å²) in [7, 11) is -11.9. The minimum atomic E-state index is -4.72. The van der Waals surface area contributed by atoms with Crippen LogP contribution >= 0.6 is 0 Å². The van der Waals surface area contributed by atoms with Crippen LogP contribution in [0.3, 0.4) is 0 Å². The Bertz CT molecular complexity index is 3010. The number of allylic oxidation sites excluding steroid dienone is 7. The van der Waals surface area contributed by atoms with Crippen molar-refractivity contribution in [2.45, 2.75) is 106 Å². The van der Waals surface area contributed by atoms with Crippen LogP contribution in [0.25, 0.3) is 0 Å². The molecule has 378 valence electrons. The molecule has 2 heterocycles. The van der Waals surface area contributed by atoms with Crippen molar-refractivity contribution in [1.82, 2.24) is 0 Å². The Morgan fingerprint density at radius 1 is 0.743 bits per heavy atom. The van der Waals surface area contributed by atoms with Gasteiger partial charge in [-0.25, -0.2) is 13.5 Å². The number of benzene rings is 3. The van der Waals surface area contributed by atoms with Crippen LogP contribution in [0, 0.1) is 26.2 Å². The van der Waals surface area contributed by atoms with Crippen molar-refractivity contribution in [2.24, 2.45) is 0 Å². The number of fused-ring (bicyclic) bond motifs is 2. The van der Waals surface area contributed by atoms with Gasteiger partial charge in [-0.2, -0.15) is 21.4 Å². The van der Waals surface area contributed by atoms with Crippen LogP contribution < -0.4 is 9.80 Å². The van der Waals surface area contributed by atoms with Gasteiger partial charge in [0.25, 0.3) is 20.2 Å². The summed E-state index contributed by atoms with van der Waals surface area (Å²) in [4.78, 5) is 5.58. The normalized spacial score (nSPS) is 18.0. The second-order valence-corrected chi connectivity index (χ2v) is 22.6. The highest BCUT2D eigenvalue weighted by Gasteiger charge is 2.45. The van der Waals surface area contributed by atoms with Crippen molar-refractivity contribution in [3.63, 3.8) is 0 Å². The smallest absolute Gasteiger partial charge is 0.294 e. The summed E-state index contributed by atoms with van der Waals surface area (Å²) in [6.07, 6.45) is 17.4. The summed E-state index contributed by atoms with van der Waals surface area (Å²) in [6.45, 7) is 13.8. The zero-order valence-electron chi connectivity index (χ0n) is 40.6. The lowest BCUT2D eigenvalue weighted by atomic mass is 9.80. The molecule has 0 spiro atoms. The Morgan fingerprint density at radius 3 is 1.96 bits per heavy atom. The molecule has 19 heteroatoms. The topological polar surface area (TPSA) is 218 Å². The van der Waals surface area contributed by atoms with E-state index in [9.17, 15) is 38.9 Å². The van der Waals surface area contributed by atoms with Crippen LogP contribution in [-0.2, 0) is 60.2 Å². The summed E-state index contributed by atoms with van der Waals surface area (Å²) in [6, 6.07) is 11.0. The van der Waals surface area contributed by atoms with Crippen molar-refractivity contribution >= 4 is 47.4 Å². The fourth-order valence-corrected chi connectivity index (χ4v) is 10.7. The first kappa shape index (κ1) is 54.4. The van der Waals surface area contributed by atoms with Crippen molar-refractivity contribution in [3.05, 3.63) is 118 Å². The summed E-state index contributed by atoms with van der Waals surface area (Å²) in [5.74, 6) is 3.40. The minimum absolute atomic E-state index is 0.119. The lowest BCUT2D eigenvalue weighted by molar-refractivity contribution is -0.402. The van der Waals surface area contributed by atoms with Crippen LogP contribution in [0.5, 0.6) is 5.75 Å². The lowest BCUT2D eigenvalue weighted by Gasteiger charge is -2.27. The van der Waals surface area contributed by atoms with E-state index in [1.165, 1.54) is 48.5 Å². The molecule has 3 aromatic rings. The molecule has 1 aliphatic carbocycles. The number of anilines is 1. The van der Waals surface area contributed by atoms with Crippen LogP contribution in [0.1, 0.15) is 88.5 Å². The second-order valence-electron chi connectivity index (χ2n) is 18.4. The third kappa shape index (κ3) is 12.5.